The van der Waals surface area contributed by atoms with E-state index in [0.29, 0.717) is 0 Å². The molecule has 0 unspecified atom stereocenters. The molecule has 0 aromatic rings. The van der Waals surface area contributed by atoms with Crippen LogP contribution in [0.15, 0.2) is 0 Å². The molecular weight excluding hydrogens is 198 g/mol. The van der Waals surface area contributed by atoms with Gasteiger partial charge in [-0.05, 0) is 13.8 Å². The van der Waals surface area contributed by atoms with Gasteiger partial charge < -0.3 is 0 Å². The second kappa shape index (κ2) is 9.22. The number of Topliss-reactive ketones (excluding diaryl/α,β-unsaturated/α-hetero) is 2. The van der Waals surface area contributed by atoms with Crippen molar-refractivity contribution in [2.45, 2.75) is 20.3 Å². The average Bonchev–Trinajstić information content (AvgIpc) is 1.27. The largest absolute Gasteiger partial charge is 0.300 e. The molecule has 0 saturated heterocycles. The van der Waals surface area contributed by atoms with Gasteiger partial charge in [-0.15, -0.1) is 0 Å². The Hall–Kier alpha value is 1.22. The van der Waals surface area contributed by atoms with E-state index < -0.39 is 0 Å². The first-order valence-electron chi connectivity index (χ1n) is 2.12. The molecule has 2 radical (unpaired) electrons. The maximum absolute atomic E-state index is 10.0. The Balaban J connectivity index is -0.000000180. The number of hydrogen-bond donors (Lipinski definition) is 0. The predicted octanol–water partition coefficient (Wildman–Crippen LogP) is 0.171. The molecule has 0 aromatic carbocycles. The van der Waals surface area contributed by atoms with Crippen molar-refractivity contribution >= 4 is 49.3 Å². The monoisotopic (exact) mass is 204 g/mol. The Morgan fingerprint density at radius 2 is 1.33 bits per heavy atom. The van der Waals surface area contributed by atoms with E-state index >= 15 is 0 Å². The number of ketones is 2. The average molecular weight is 206 g/mol. The van der Waals surface area contributed by atoms with Crippen molar-refractivity contribution < 1.29 is 29.1 Å². The Bertz CT molecular complexity index is 91.1. The van der Waals surface area contributed by atoms with Crippen molar-refractivity contribution in [1.29, 1.82) is 0 Å². The molecule has 2 nitrogen and oxygen atoms in total. The number of hydrogen-bond acceptors (Lipinski definition) is 2. The first-order valence-corrected chi connectivity index (χ1v) is 2.12. The summed E-state index contributed by atoms with van der Waals surface area (Å²) in [6.07, 6.45) is 0.0833. The molecule has 0 aliphatic rings. The Kier molecular flexibility index (Phi) is 17.1. The molecule has 0 amide bonds. The normalized spacial score (nSPS) is 6.44. The zero-order valence-electron chi connectivity index (χ0n) is 5.94. The quantitative estimate of drug-likeness (QED) is 0.476. The van der Waals surface area contributed by atoms with Crippen LogP contribution in [0.25, 0.3) is 0 Å². The molecule has 0 N–H and O–H groups in total. The first-order chi connectivity index (χ1) is 3.13. The van der Waals surface area contributed by atoms with Gasteiger partial charge in [-0.1, -0.05) is 0 Å². The van der Waals surface area contributed by atoms with Crippen LogP contribution in [-0.4, -0.2) is 49.3 Å². The van der Waals surface area contributed by atoms with Crippen LogP contribution in [0.2, 0.25) is 0 Å². The van der Waals surface area contributed by atoms with Crippen molar-refractivity contribution in [1.82, 2.24) is 0 Å². The molecular formula is C5H8CaO2Zn. The van der Waals surface area contributed by atoms with Gasteiger partial charge in [0.05, 0.1) is 6.42 Å². The van der Waals surface area contributed by atoms with E-state index in [1.807, 2.05) is 0 Å². The molecule has 0 fully saturated rings. The fraction of sp³-hybridized carbons (Fsp3) is 0.600. The zero-order valence-corrected chi connectivity index (χ0v) is 11.1. The molecule has 0 aliphatic heterocycles. The van der Waals surface area contributed by atoms with Gasteiger partial charge in [0.1, 0.15) is 11.6 Å². The van der Waals surface area contributed by atoms with E-state index in [2.05, 4.69) is 0 Å². The van der Waals surface area contributed by atoms with E-state index in [9.17, 15) is 9.59 Å². The van der Waals surface area contributed by atoms with Gasteiger partial charge >= 0.3 is 0 Å². The van der Waals surface area contributed by atoms with Crippen LogP contribution in [0.1, 0.15) is 20.3 Å². The maximum Gasteiger partial charge on any atom is 0.137 e. The molecule has 0 spiro atoms. The van der Waals surface area contributed by atoms with Gasteiger partial charge in [-0.2, -0.15) is 0 Å². The van der Waals surface area contributed by atoms with Crippen molar-refractivity contribution in [2.75, 3.05) is 0 Å². The third kappa shape index (κ3) is 17.6. The fourth-order valence-corrected chi connectivity index (χ4v) is 0.351. The summed E-state index contributed by atoms with van der Waals surface area (Å²) in [6, 6.07) is 0. The topological polar surface area (TPSA) is 34.1 Å². The van der Waals surface area contributed by atoms with Gasteiger partial charge in [-0.3, -0.25) is 9.59 Å². The molecule has 0 aliphatic carbocycles. The predicted molar refractivity (Wildman–Crippen MR) is 31.7 cm³/mol. The molecule has 44 valence electrons. The Morgan fingerprint density at radius 1 is 1.11 bits per heavy atom. The SMILES string of the molecule is CC(=O)CC(C)=O.[Ca].[Zn]. The summed E-state index contributed by atoms with van der Waals surface area (Å²) in [5.74, 6) is -0.125. The molecule has 0 saturated carbocycles. The van der Waals surface area contributed by atoms with Gasteiger partial charge in [0.15, 0.2) is 0 Å². The van der Waals surface area contributed by atoms with Crippen molar-refractivity contribution in [3.05, 3.63) is 0 Å². The molecule has 9 heavy (non-hydrogen) atoms. The van der Waals surface area contributed by atoms with Crippen molar-refractivity contribution in [2.24, 2.45) is 0 Å². The summed E-state index contributed by atoms with van der Waals surface area (Å²) in [6.45, 7) is 2.81. The van der Waals surface area contributed by atoms with E-state index in [0.717, 1.165) is 0 Å². The van der Waals surface area contributed by atoms with Crippen LogP contribution in [0.3, 0.4) is 0 Å². The van der Waals surface area contributed by atoms with Gasteiger partial charge in [0.25, 0.3) is 0 Å². The van der Waals surface area contributed by atoms with Crippen LogP contribution in [0, 0.1) is 0 Å². The number of carbonyl (C=O) groups excluding carboxylic acids is 2. The van der Waals surface area contributed by atoms with E-state index in [4.69, 9.17) is 0 Å². The third-order valence-electron chi connectivity index (χ3n) is 0.498. The van der Waals surface area contributed by atoms with Gasteiger partial charge in [0.2, 0.25) is 0 Å². The van der Waals surface area contributed by atoms with E-state index in [-0.39, 0.29) is 75.2 Å². The summed E-state index contributed by atoms with van der Waals surface area (Å²) >= 11 is 0. The molecule has 0 aromatic heterocycles. The van der Waals surface area contributed by atoms with Crippen LogP contribution >= 0.6 is 0 Å². The first kappa shape index (κ1) is 16.7. The molecule has 0 rings (SSSR count). The van der Waals surface area contributed by atoms with Crippen molar-refractivity contribution in [3.63, 3.8) is 0 Å². The maximum atomic E-state index is 10.0. The summed E-state index contributed by atoms with van der Waals surface area (Å²) < 4.78 is 0. The molecule has 0 heterocycles. The standard InChI is InChI=1S/C5H8O2.Ca.Zn/c1-4(6)3-5(2)7;;/h3H2,1-2H3;;. The molecule has 0 atom stereocenters. The summed E-state index contributed by atoms with van der Waals surface area (Å²) in [5, 5.41) is 0. The van der Waals surface area contributed by atoms with Crippen LogP contribution in [0.4, 0.5) is 0 Å². The summed E-state index contributed by atoms with van der Waals surface area (Å²) in [7, 11) is 0. The Labute approximate surface area is 97.5 Å². The summed E-state index contributed by atoms with van der Waals surface area (Å²) in [5.41, 5.74) is 0. The van der Waals surface area contributed by atoms with Crippen LogP contribution < -0.4 is 0 Å². The minimum Gasteiger partial charge on any atom is -0.300 e. The van der Waals surface area contributed by atoms with Gasteiger partial charge in [-0.25, -0.2) is 0 Å². The second-order valence-corrected chi connectivity index (χ2v) is 1.58. The molecule has 4 heteroatoms. The smallest absolute Gasteiger partial charge is 0.137 e. The third-order valence-corrected chi connectivity index (χ3v) is 0.498. The minimum absolute atomic E-state index is 0. The second-order valence-electron chi connectivity index (χ2n) is 1.58. The number of rotatable bonds is 2. The Morgan fingerprint density at radius 3 is 1.33 bits per heavy atom. The van der Waals surface area contributed by atoms with Crippen molar-refractivity contribution in [3.8, 4) is 0 Å². The summed E-state index contributed by atoms with van der Waals surface area (Å²) in [4.78, 5) is 20.1. The minimum atomic E-state index is -0.0625. The van der Waals surface area contributed by atoms with Crippen LogP contribution in [0.5, 0.6) is 0 Å². The number of carbonyl (C=O) groups is 2. The fourth-order valence-electron chi connectivity index (χ4n) is 0.351. The van der Waals surface area contributed by atoms with E-state index in [1.54, 1.807) is 0 Å². The molecule has 0 bridgehead atoms. The van der Waals surface area contributed by atoms with Gasteiger partial charge in [0, 0.05) is 57.2 Å². The zero-order chi connectivity index (χ0) is 5.86. The van der Waals surface area contributed by atoms with Crippen LogP contribution in [-0.2, 0) is 29.1 Å². The van der Waals surface area contributed by atoms with E-state index in [1.165, 1.54) is 13.8 Å².